The van der Waals surface area contributed by atoms with Crippen LogP contribution >= 0.6 is 11.6 Å². The molecule has 1 amide bonds. The zero-order valence-corrected chi connectivity index (χ0v) is 17.5. The fourth-order valence-electron chi connectivity index (χ4n) is 3.22. The second-order valence-corrected chi connectivity index (χ2v) is 9.16. The van der Waals surface area contributed by atoms with E-state index in [1.54, 1.807) is 42.3 Å². The smallest absolute Gasteiger partial charge is 0.253 e. The van der Waals surface area contributed by atoms with E-state index in [2.05, 4.69) is 0 Å². The molecule has 0 saturated carbocycles. The van der Waals surface area contributed by atoms with Gasteiger partial charge in [0.15, 0.2) is 0 Å². The number of carbonyl (C=O) groups is 1. The third-order valence-electron chi connectivity index (χ3n) is 4.63. The molecule has 0 fully saturated rings. The Hall–Kier alpha value is -2.25. The van der Waals surface area contributed by atoms with E-state index in [9.17, 15) is 13.2 Å². The van der Waals surface area contributed by atoms with Crippen LogP contribution in [0.3, 0.4) is 0 Å². The second-order valence-electron chi connectivity index (χ2n) is 6.81. The van der Waals surface area contributed by atoms with E-state index in [1.807, 2.05) is 12.1 Å². The van der Waals surface area contributed by atoms with Crippen molar-refractivity contribution in [2.75, 3.05) is 37.3 Å². The van der Waals surface area contributed by atoms with Crippen molar-refractivity contribution >= 4 is 33.2 Å². The molecular formula is C20H23ClN2O4S. The largest absolute Gasteiger partial charge is 0.493 e. The minimum absolute atomic E-state index is 0.0941. The van der Waals surface area contributed by atoms with E-state index in [-0.39, 0.29) is 5.91 Å². The van der Waals surface area contributed by atoms with Crippen molar-refractivity contribution in [3.05, 3.63) is 58.6 Å². The summed E-state index contributed by atoms with van der Waals surface area (Å²) in [6.45, 7) is 1.44. The molecule has 3 rings (SSSR count). The maximum Gasteiger partial charge on any atom is 0.253 e. The normalized spacial score (nSPS) is 13.3. The molecule has 0 aliphatic carbocycles. The predicted molar refractivity (Wildman–Crippen MR) is 111 cm³/mol. The van der Waals surface area contributed by atoms with E-state index in [0.717, 1.165) is 5.56 Å². The molecule has 1 heterocycles. The van der Waals surface area contributed by atoms with Gasteiger partial charge in [0.1, 0.15) is 5.75 Å². The van der Waals surface area contributed by atoms with Gasteiger partial charge >= 0.3 is 0 Å². The van der Waals surface area contributed by atoms with E-state index < -0.39 is 10.0 Å². The Morgan fingerprint density at radius 2 is 2.04 bits per heavy atom. The third-order valence-corrected chi connectivity index (χ3v) is 6.04. The number of sulfonamides is 1. The van der Waals surface area contributed by atoms with Gasteiger partial charge in [-0.05, 0) is 54.8 Å². The Balaban J connectivity index is 1.55. The molecular weight excluding hydrogens is 400 g/mol. The Morgan fingerprint density at radius 3 is 2.75 bits per heavy atom. The molecule has 0 unspecified atom stereocenters. The maximum atomic E-state index is 12.7. The van der Waals surface area contributed by atoms with E-state index in [0.29, 0.717) is 54.6 Å². The molecule has 2 aromatic rings. The van der Waals surface area contributed by atoms with Crippen LogP contribution in [0, 0.1) is 0 Å². The third kappa shape index (κ3) is 4.77. The van der Waals surface area contributed by atoms with Crippen molar-refractivity contribution in [2.24, 2.45) is 0 Å². The minimum atomic E-state index is -3.29. The monoisotopic (exact) mass is 422 g/mol. The van der Waals surface area contributed by atoms with Crippen LogP contribution in [0.5, 0.6) is 5.75 Å². The van der Waals surface area contributed by atoms with Crippen molar-refractivity contribution in [2.45, 2.75) is 12.8 Å². The zero-order chi connectivity index (χ0) is 20.3. The number of hydrogen-bond acceptors (Lipinski definition) is 4. The highest BCUT2D eigenvalue weighted by atomic mass is 35.5. The number of carbonyl (C=O) groups excluding carboxylic acids is 1. The molecule has 0 bridgehead atoms. The Kier molecular flexibility index (Phi) is 6.15. The van der Waals surface area contributed by atoms with Gasteiger partial charge in [-0.25, -0.2) is 8.42 Å². The van der Waals surface area contributed by atoms with Crippen molar-refractivity contribution in [1.29, 1.82) is 0 Å². The SMILES string of the molecule is CN(CCCOc1cccc(Cl)c1)C(=O)c1ccc2c(c1)CCN2S(C)(=O)=O. The first-order valence-electron chi connectivity index (χ1n) is 9.00. The van der Waals surface area contributed by atoms with Gasteiger partial charge in [0.05, 0.1) is 18.6 Å². The molecule has 2 aromatic carbocycles. The van der Waals surface area contributed by atoms with Crippen molar-refractivity contribution < 1.29 is 17.9 Å². The molecule has 0 aromatic heterocycles. The topological polar surface area (TPSA) is 66.9 Å². The first kappa shape index (κ1) is 20.5. The fourth-order valence-corrected chi connectivity index (χ4v) is 4.36. The van der Waals surface area contributed by atoms with Gasteiger partial charge in [-0.15, -0.1) is 0 Å². The molecule has 0 radical (unpaired) electrons. The van der Waals surface area contributed by atoms with Crippen LogP contribution < -0.4 is 9.04 Å². The Bertz CT molecular complexity index is 978. The van der Waals surface area contributed by atoms with Gasteiger partial charge in [0.25, 0.3) is 5.91 Å². The molecule has 150 valence electrons. The van der Waals surface area contributed by atoms with Crippen LogP contribution in [0.4, 0.5) is 5.69 Å². The molecule has 0 N–H and O–H groups in total. The number of nitrogens with zero attached hydrogens (tertiary/aromatic N) is 2. The van der Waals surface area contributed by atoms with Gasteiger partial charge in [0.2, 0.25) is 10.0 Å². The van der Waals surface area contributed by atoms with E-state index in [4.69, 9.17) is 16.3 Å². The van der Waals surface area contributed by atoms with Crippen LogP contribution in [0.1, 0.15) is 22.3 Å². The lowest BCUT2D eigenvalue weighted by atomic mass is 10.1. The first-order valence-corrected chi connectivity index (χ1v) is 11.2. The first-order chi connectivity index (χ1) is 13.3. The zero-order valence-electron chi connectivity index (χ0n) is 15.9. The number of benzene rings is 2. The van der Waals surface area contributed by atoms with Crippen LogP contribution in [0.2, 0.25) is 5.02 Å². The summed E-state index contributed by atoms with van der Waals surface area (Å²) >= 11 is 5.92. The molecule has 0 saturated heterocycles. The molecule has 6 nitrogen and oxygen atoms in total. The summed E-state index contributed by atoms with van der Waals surface area (Å²) in [4.78, 5) is 14.3. The lowest BCUT2D eigenvalue weighted by Crippen LogP contribution is -2.29. The molecule has 0 spiro atoms. The average Bonchev–Trinajstić information content (AvgIpc) is 3.08. The number of amides is 1. The molecule has 8 heteroatoms. The number of rotatable bonds is 7. The number of fused-ring (bicyclic) bond motifs is 1. The summed E-state index contributed by atoms with van der Waals surface area (Å²) in [6, 6.07) is 12.4. The Morgan fingerprint density at radius 1 is 1.25 bits per heavy atom. The van der Waals surface area contributed by atoms with Gasteiger partial charge in [-0.1, -0.05) is 17.7 Å². The fraction of sp³-hybridized carbons (Fsp3) is 0.350. The quantitative estimate of drug-likeness (QED) is 0.642. The highest BCUT2D eigenvalue weighted by molar-refractivity contribution is 7.92. The van der Waals surface area contributed by atoms with Gasteiger partial charge in [0, 0.05) is 30.7 Å². The van der Waals surface area contributed by atoms with Crippen LogP contribution in [0.25, 0.3) is 0 Å². The van der Waals surface area contributed by atoms with E-state index >= 15 is 0 Å². The minimum Gasteiger partial charge on any atom is -0.493 e. The lowest BCUT2D eigenvalue weighted by molar-refractivity contribution is 0.0788. The highest BCUT2D eigenvalue weighted by Crippen LogP contribution is 2.31. The molecule has 1 aliphatic heterocycles. The summed E-state index contributed by atoms with van der Waals surface area (Å²) < 4.78 is 30.7. The van der Waals surface area contributed by atoms with Crippen molar-refractivity contribution in [3.63, 3.8) is 0 Å². The molecule has 28 heavy (non-hydrogen) atoms. The summed E-state index contributed by atoms with van der Waals surface area (Å²) in [5.74, 6) is 0.610. The summed E-state index contributed by atoms with van der Waals surface area (Å²) in [6.07, 6.45) is 2.49. The number of anilines is 1. The average molecular weight is 423 g/mol. The van der Waals surface area contributed by atoms with Gasteiger partial charge in [-0.3, -0.25) is 9.10 Å². The van der Waals surface area contributed by atoms with E-state index in [1.165, 1.54) is 10.6 Å². The standard InChI is InChI=1S/C20H23ClN2O4S/c1-22(10-4-12-27-18-6-3-5-17(21)14-18)20(24)16-7-8-19-15(13-16)9-11-23(19)28(2,25)26/h3,5-8,13-14H,4,9-12H2,1-2H3. The summed E-state index contributed by atoms with van der Waals surface area (Å²) in [5.41, 5.74) is 2.11. The lowest BCUT2D eigenvalue weighted by Gasteiger charge is -2.19. The van der Waals surface area contributed by atoms with Crippen LogP contribution in [-0.4, -0.2) is 52.2 Å². The predicted octanol–water partition coefficient (Wildman–Crippen LogP) is 3.20. The number of hydrogen-bond donors (Lipinski definition) is 0. The van der Waals surface area contributed by atoms with Crippen LogP contribution in [0.15, 0.2) is 42.5 Å². The van der Waals surface area contributed by atoms with Crippen molar-refractivity contribution in [1.82, 2.24) is 4.90 Å². The summed E-state index contributed by atoms with van der Waals surface area (Å²) in [5, 5.41) is 0.621. The number of halogens is 1. The number of ether oxygens (including phenoxy) is 1. The van der Waals surface area contributed by atoms with Gasteiger partial charge < -0.3 is 9.64 Å². The Labute approximate surface area is 170 Å². The van der Waals surface area contributed by atoms with Gasteiger partial charge in [-0.2, -0.15) is 0 Å². The molecule has 1 aliphatic rings. The second kappa shape index (κ2) is 8.41. The summed E-state index contributed by atoms with van der Waals surface area (Å²) in [7, 11) is -1.54. The highest BCUT2D eigenvalue weighted by Gasteiger charge is 2.27. The van der Waals surface area contributed by atoms with Crippen LogP contribution in [-0.2, 0) is 16.4 Å². The maximum absolute atomic E-state index is 12.7. The molecule has 0 atom stereocenters. The van der Waals surface area contributed by atoms with Crippen molar-refractivity contribution in [3.8, 4) is 5.75 Å².